The molecule has 0 amide bonds. The van der Waals surface area contributed by atoms with Crippen molar-refractivity contribution in [1.29, 1.82) is 0 Å². The number of nitrogens with one attached hydrogen (secondary N) is 1. The van der Waals surface area contributed by atoms with Crippen molar-refractivity contribution in [3.63, 3.8) is 0 Å². The van der Waals surface area contributed by atoms with E-state index in [1.165, 1.54) is 0 Å². The van der Waals surface area contributed by atoms with E-state index in [1.807, 2.05) is 0 Å². The van der Waals surface area contributed by atoms with E-state index in [0.717, 1.165) is 6.42 Å². The van der Waals surface area contributed by atoms with Crippen LogP contribution in [0.15, 0.2) is 17.4 Å². The lowest BCUT2D eigenvalue weighted by molar-refractivity contribution is 0.471. The van der Waals surface area contributed by atoms with Crippen LogP contribution in [0, 0.1) is 5.92 Å². The molecule has 2 heteroatoms. The smallest absolute Gasteiger partial charge is 0.118 e. The van der Waals surface area contributed by atoms with Gasteiger partial charge in [-0.2, -0.15) is 0 Å². The van der Waals surface area contributed by atoms with E-state index in [-0.39, 0.29) is 0 Å². The molecule has 0 rings (SSSR count). The molecule has 0 radical (unpaired) electrons. The van der Waals surface area contributed by atoms with Crippen molar-refractivity contribution in [3.05, 3.63) is 12.4 Å². The van der Waals surface area contributed by atoms with E-state index in [2.05, 4.69) is 44.4 Å². The molecule has 0 spiro atoms. The van der Waals surface area contributed by atoms with Gasteiger partial charge in [0.15, 0.2) is 0 Å². The fraction of sp³-hybridized carbons (Fsp3) is 0.667. The average Bonchev–Trinajstić information content (AvgIpc) is 1.85. The maximum atomic E-state index is 3.68. The van der Waals surface area contributed by atoms with E-state index in [0.29, 0.717) is 17.8 Å². The molecule has 0 aromatic heterocycles. The monoisotopic (exact) mass is 154 g/mol. The van der Waals surface area contributed by atoms with Crippen molar-refractivity contribution in [2.24, 2.45) is 10.9 Å². The standard InChI is InChI=1S/C9H18N2/c1-7(2)6-8(3)11-9(4)10-5/h7-8,11H,4-6H2,1-3H3. The Bertz CT molecular complexity index is 138. The maximum Gasteiger partial charge on any atom is 0.118 e. The zero-order valence-electron chi connectivity index (χ0n) is 7.72. The predicted molar refractivity (Wildman–Crippen MR) is 50.7 cm³/mol. The minimum absolute atomic E-state index is 0.438. The first-order valence-electron chi connectivity index (χ1n) is 3.98. The average molecular weight is 154 g/mol. The van der Waals surface area contributed by atoms with Crippen molar-refractivity contribution in [3.8, 4) is 0 Å². The fourth-order valence-corrected chi connectivity index (χ4v) is 1.10. The highest BCUT2D eigenvalue weighted by molar-refractivity contribution is 5.27. The maximum absolute atomic E-state index is 3.68. The van der Waals surface area contributed by atoms with Gasteiger partial charge in [-0.05, 0) is 26.0 Å². The summed E-state index contributed by atoms with van der Waals surface area (Å²) in [4.78, 5) is 3.68. The van der Waals surface area contributed by atoms with Gasteiger partial charge in [0.2, 0.25) is 0 Å². The van der Waals surface area contributed by atoms with E-state index < -0.39 is 0 Å². The summed E-state index contributed by atoms with van der Waals surface area (Å²) < 4.78 is 0. The van der Waals surface area contributed by atoms with Crippen molar-refractivity contribution in [2.75, 3.05) is 0 Å². The third kappa shape index (κ3) is 5.64. The number of nitrogens with zero attached hydrogens (tertiary/aromatic N) is 1. The van der Waals surface area contributed by atoms with Crippen molar-refractivity contribution >= 4 is 6.72 Å². The number of hydrogen-bond donors (Lipinski definition) is 1. The van der Waals surface area contributed by atoms with Gasteiger partial charge in [0.1, 0.15) is 5.82 Å². The van der Waals surface area contributed by atoms with Crippen LogP contribution in [0.5, 0.6) is 0 Å². The summed E-state index contributed by atoms with van der Waals surface area (Å²) in [7, 11) is 0. The molecule has 0 aliphatic heterocycles. The summed E-state index contributed by atoms with van der Waals surface area (Å²) in [5.74, 6) is 1.37. The number of rotatable bonds is 5. The Hall–Kier alpha value is -0.790. The SMILES string of the molecule is C=NC(=C)NC(C)CC(C)C. The molecule has 11 heavy (non-hydrogen) atoms. The lowest BCUT2D eigenvalue weighted by Gasteiger charge is -2.16. The van der Waals surface area contributed by atoms with Crippen LogP contribution >= 0.6 is 0 Å². The van der Waals surface area contributed by atoms with Gasteiger partial charge in [0, 0.05) is 6.04 Å². The van der Waals surface area contributed by atoms with Gasteiger partial charge in [-0.25, -0.2) is 4.99 Å². The molecular formula is C9H18N2. The van der Waals surface area contributed by atoms with Gasteiger partial charge in [-0.3, -0.25) is 0 Å². The van der Waals surface area contributed by atoms with Gasteiger partial charge in [-0.1, -0.05) is 20.4 Å². The molecule has 0 heterocycles. The molecule has 0 aromatic carbocycles. The van der Waals surface area contributed by atoms with Crippen LogP contribution in [0.2, 0.25) is 0 Å². The molecule has 64 valence electrons. The normalized spacial score (nSPS) is 12.7. The Labute approximate surface area is 69.4 Å². The van der Waals surface area contributed by atoms with Crippen molar-refractivity contribution < 1.29 is 0 Å². The molecule has 1 atom stereocenters. The summed E-state index contributed by atoms with van der Waals surface area (Å²) >= 11 is 0. The van der Waals surface area contributed by atoms with Crippen LogP contribution in [0.1, 0.15) is 27.2 Å². The lowest BCUT2D eigenvalue weighted by Crippen LogP contribution is -2.25. The molecule has 1 unspecified atom stereocenters. The minimum Gasteiger partial charge on any atom is -0.368 e. The van der Waals surface area contributed by atoms with Gasteiger partial charge < -0.3 is 5.32 Å². The second-order valence-corrected chi connectivity index (χ2v) is 3.28. The number of aliphatic imine (C=N–C) groups is 1. The predicted octanol–water partition coefficient (Wildman–Crippen LogP) is 2.18. The topological polar surface area (TPSA) is 24.4 Å². The van der Waals surface area contributed by atoms with Crippen LogP contribution in [0.4, 0.5) is 0 Å². The largest absolute Gasteiger partial charge is 0.368 e. The summed E-state index contributed by atoms with van der Waals surface area (Å²) in [6.07, 6.45) is 1.13. The van der Waals surface area contributed by atoms with Crippen LogP contribution in [-0.2, 0) is 0 Å². The molecule has 0 aliphatic rings. The second-order valence-electron chi connectivity index (χ2n) is 3.28. The van der Waals surface area contributed by atoms with E-state index in [9.17, 15) is 0 Å². The highest BCUT2D eigenvalue weighted by Gasteiger charge is 2.03. The summed E-state index contributed by atoms with van der Waals surface area (Å²) in [5.41, 5.74) is 0. The molecule has 2 nitrogen and oxygen atoms in total. The van der Waals surface area contributed by atoms with Gasteiger partial charge >= 0.3 is 0 Å². The van der Waals surface area contributed by atoms with Crippen LogP contribution in [0.25, 0.3) is 0 Å². The zero-order chi connectivity index (χ0) is 8.85. The molecule has 0 fully saturated rings. The van der Waals surface area contributed by atoms with E-state index >= 15 is 0 Å². The summed E-state index contributed by atoms with van der Waals surface area (Å²) in [6, 6.07) is 0.438. The fourth-order valence-electron chi connectivity index (χ4n) is 1.10. The van der Waals surface area contributed by atoms with Crippen LogP contribution in [-0.4, -0.2) is 12.8 Å². The molecule has 1 N–H and O–H groups in total. The zero-order valence-corrected chi connectivity index (χ0v) is 7.72. The molecule has 0 aliphatic carbocycles. The number of hydrogen-bond acceptors (Lipinski definition) is 2. The molecule has 0 saturated heterocycles. The first kappa shape index (κ1) is 10.2. The van der Waals surface area contributed by atoms with Crippen molar-refractivity contribution in [2.45, 2.75) is 33.2 Å². The van der Waals surface area contributed by atoms with Crippen LogP contribution in [0.3, 0.4) is 0 Å². The Morgan fingerprint density at radius 2 is 2.00 bits per heavy atom. The Morgan fingerprint density at radius 1 is 1.45 bits per heavy atom. The lowest BCUT2D eigenvalue weighted by atomic mass is 10.1. The van der Waals surface area contributed by atoms with Gasteiger partial charge in [0.25, 0.3) is 0 Å². The highest BCUT2D eigenvalue weighted by Crippen LogP contribution is 2.04. The molecule has 0 saturated carbocycles. The first-order valence-corrected chi connectivity index (χ1v) is 3.98. The van der Waals surface area contributed by atoms with Crippen LogP contribution < -0.4 is 5.32 Å². The Morgan fingerprint density at radius 3 is 2.36 bits per heavy atom. The third-order valence-electron chi connectivity index (χ3n) is 1.43. The first-order chi connectivity index (χ1) is 5.06. The van der Waals surface area contributed by atoms with Gasteiger partial charge in [-0.15, -0.1) is 0 Å². The van der Waals surface area contributed by atoms with Crippen molar-refractivity contribution in [1.82, 2.24) is 5.32 Å². The third-order valence-corrected chi connectivity index (χ3v) is 1.43. The molecule has 0 aromatic rings. The minimum atomic E-state index is 0.438. The molecular weight excluding hydrogens is 136 g/mol. The van der Waals surface area contributed by atoms with Gasteiger partial charge in [0.05, 0.1) is 0 Å². The highest BCUT2D eigenvalue weighted by atomic mass is 15.0. The summed E-state index contributed by atoms with van der Waals surface area (Å²) in [6.45, 7) is 13.6. The summed E-state index contributed by atoms with van der Waals surface area (Å²) in [5, 5.41) is 3.14. The Balaban J connectivity index is 3.59. The second kappa shape index (κ2) is 4.94. The Kier molecular flexibility index (Phi) is 4.59. The quantitative estimate of drug-likeness (QED) is 0.603. The van der Waals surface area contributed by atoms with E-state index in [1.54, 1.807) is 0 Å². The molecule has 0 bridgehead atoms. The van der Waals surface area contributed by atoms with E-state index in [4.69, 9.17) is 0 Å².